The normalized spacial score (nSPS) is 27.9. The van der Waals surface area contributed by atoms with Crippen LogP contribution in [0.4, 0.5) is 0 Å². The summed E-state index contributed by atoms with van der Waals surface area (Å²) in [5.41, 5.74) is 2.46. The van der Waals surface area contributed by atoms with Crippen LogP contribution in [0.5, 0.6) is 5.75 Å². The predicted molar refractivity (Wildman–Crippen MR) is 123 cm³/mol. The molecule has 1 aromatic carbocycles. The molecule has 5 atom stereocenters. The van der Waals surface area contributed by atoms with Gasteiger partial charge in [-0.3, -0.25) is 4.98 Å². The van der Waals surface area contributed by atoms with Crippen molar-refractivity contribution in [1.82, 2.24) is 4.98 Å². The Morgan fingerprint density at radius 1 is 1.34 bits per heavy atom. The number of aliphatic hydroxyl groups excluding tert-OH is 1. The Kier molecular flexibility index (Phi) is 5.35. The first-order valence-electron chi connectivity index (χ1n) is 11.3. The van der Waals surface area contributed by atoms with Crippen LogP contribution >= 0.6 is 0 Å². The van der Waals surface area contributed by atoms with Crippen molar-refractivity contribution >= 4 is 10.9 Å². The number of pyridine rings is 2. The van der Waals surface area contributed by atoms with E-state index in [1.54, 1.807) is 25.6 Å². The van der Waals surface area contributed by atoms with Gasteiger partial charge in [-0.15, -0.1) is 6.58 Å². The number of hydrogen-bond acceptors (Lipinski definition) is 4. The molecular formula is C26H30N3O3+. The van der Waals surface area contributed by atoms with Gasteiger partial charge in [0.2, 0.25) is 5.69 Å². The van der Waals surface area contributed by atoms with Crippen LogP contribution in [-0.2, 0) is 6.54 Å². The van der Waals surface area contributed by atoms with Crippen molar-refractivity contribution < 1.29 is 19.1 Å². The first-order chi connectivity index (χ1) is 15.5. The minimum Gasteiger partial charge on any atom is -0.618 e. The smallest absolute Gasteiger partial charge is 0.247 e. The molecule has 6 nitrogen and oxygen atoms in total. The highest BCUT2D eigenvalue weighted by Crippen LogP contribution is 2.47. The average Bonchev–Trinajstić information content (AvgIpc) is 2.84. The van der Waals surface area contributed by atoms with E-state index in [-0.39, 0.29) is 6.04 Å². The van der Waals surface area contributed by atoms with Gasteiger partial charge in [-0.2, -0.15) is 4.73 Å². The van der Waals surface area contributed by atoms with Crippen LogP contribution in [0.25, 0.3) is 10.9 Å². The molecule has 32 heavy (non-hydrogen) atoms. The summed E-state index contributed by atoms with van der Waals surface area (Å²) >= 11 is 0. The number of rotatable bonds is 6. The molecule has 0 amide bonds. The van der Waals surface area contributed by atoms with Crippen molar-refractivity contribution in [1.29, 1.82) is 0 Å². The summed E-state index contributed by atoms with van der Waals surface area (Å²) in [7, 11) is 1.65. The molecule has 0 aliphatic carbocycles. The van der Waals surface area contributed by atoms with Gasteiger partial charge in [0.1, 0.15) is 17.9 Å². The molecule has 1 N–H and O–H groups in total. The Bertz CT molecular complexity index is 1150. The lowest BCUT2D eigenvalue weighted by atomic mass is 9.71. The number of fused-ring (bicyclic) bond motifs is 4. The molecule has 3 aromatic rings. The van der Waals surface area contributed by atoms with Crippen molar-refractivity contribution in [3.05, 3.63) is 84.0 Å². The van der Waals surface area contributed by atoms with Crippen molar-refractivity contribution in [2.75, 3.05) is 20.2 Å². The number of ether oxygens (including phenoxy) is 1. The summed E-state index contributed by atoms with van der Waals surface area (Å²) in [6, 6.07) is 13.3. The first-order valence-corrected chi connectivity index (χ1v) is 11.3. The van der Waals surface area contributed by atoms with Crippen molar-refractivity contribution in [3.8, 4) is 5.75 Å². The lowest BCUT2D eigenvalue weighted by molar-refractivity contribution is -0.989. The summed E-state index contributed by atoms with van der Waals surface area (Å²) in [6.45, 7) is 6.55. The van der Waals surface area contributed by atoms with Crippen LogP contribution < -0.4 is 9.47 Å². The number of piperidine rings is 3. The van der Waals surface area contributed by atoms with Crippen LogP contribution in [0.1, 0.15) is 30.2 Å². The van der Waals surface area contributed by atoms with Gasteiger partial charge < -0.3 is 19.5 Å². The minimum absolute atomic E-state index is 0.00181. The van der Waals surface area contributed by atoms with E-state index in [2.05, 4.69) is 17.6 Å². The van der Waals surface area contributed by atoms with Gasteiger partial charge in [-0.25, -0.2) is 0 Å². The molecule has 3 aliphatic heterocycles. The molecule has 3 aliphatic rings. The highest BCUT2D eigenvalue weighted by molar-refractivity contribution is 5.83. The number of methoxy groups -OCH3 is 1. The second-order valence-corrected chi connectivity index (χ2v) is 9.28. The van der Waals surface area contributed by atoms with Crippen molar-refractivity contribution in [2.24, 2.45) is 11.8 Å². The maximum absolute atomic E-state index is 12.5. The summed E-state index contributed by atoms with van der Waals surface area (Å²) in [5.74, 6) is 1.67. The molecule has 0 spiro atoms. The zero-order valence-electron chi connectivity index (χ0n) is 18.4. The molecule has 5 heterocycles. The van der Waals surface area contributed by atoms with Crippen LogP contribution in [0.3, 0.4) is 0 Å². The fraction of sp³-hybridized carbons (Fsp3) is 0.385. The maximum Gasteiger partial charge on any atom is 0.247 e. The van der Waals surface area contributed by atoms with Gasteiger partial charge in [0, 0.05) is 42.5 Å². The van der Waals surface area contributed by atoms with E-state index in [1.165, 1.54) is 0 Å². The first kappa shape index (κ1) is 20.9. The van der Waals surface area contributed by atoms with E-state index in [0.29, 0.717) is 22.9 Å². The zero-order chi connectivity index (χ0) is 22.3. The lowest BCUT2D eigenvalue weighted by Crippen LogP contribution is -2.68. The molecule has 2 aromatic heterocycles. The molecule has 6 rings (SSSR count). The van der Waals surface area contributed by atoms with E-state index >= 15 is 0 Å². The van der Waals surface area contributed by atoms with E-state index in [1.807, 2.05) is 36.4 Å². The number of nitrogens with zero attached hydrogens (tertiary/aromatic N) is 3. The van der Waals surface area contributed by atoms with Crippen LogP contribution in [0, 0.1) is 17.0 Å². The van der Waals surface area contributed by atoms with Crippen LogP contribution in [0.15, 0.2) is 67.5 Å². The Balaban J connectivity index is 1.57. The third-order valence-electron chi connectivity index (χ3n) is 7.72. The molecule has 3 saturated heterocycles. The third kappa shape index (κ3) is 3.44. The number of benzene rings is 1. The zero-order valence-corrected chi connectivity index (χ0v) is 18.4. The van der Waals surface area contributed by atoms with Gasteiger partial charge in [0.05, 0.1) is 25.7 Å². The number of aromatic nitrogens is 2. The van der Waals surface area contributed by atoms with Crippen molar-refractivity contribution in [3.63, 3.8) is 0 Å². The number of aliphatic hydroxyl groups is 1. The van der Waals surface area contributed by atoms with Gasteiger partial charge in [0.25, 0.3) is 0 Å². The highest BCUT2D eigenvalue weighted by Gasteiger charge is 2.54. The van der Waals surface area contributed by atoms with Crippen molar-refractivity contribution in [2.45, 2.75) is 31.5 Å². The standard InChI is InChI=1S/C26H30N3O3/c1-3-18-16-29(17-20-6-4-5-12-28(20)31)13-10-19(18)14-25(29)26(30)22-9-11-27-24-8-7-21(32-2)15-23(22)24/h3-9,11-12,15,18-19,25-26,30H,1,10,13-14,16-17H2,2H3/q+1/t18-,19-,25+,26+,29?/m0/s1. The van der Waals surface area contributed by atoms with Gasteiger partial charge in [0.15, 0.2) is 12.7 Å². The molecule has 0 radical (unpaired) electrons. The molecule has 3 fully saturated rings. The third-order valence-corrected chi connectivity index (χ3v) is 7.72. The molecule has 166 valence electrons. The maximum atomic E-state index is 12.5. The molecule has 1 unspecified atom stereocenters. The summed E-state index contributed by atoms with van der Waals surface area (Å²) in [5, 5.41) is 25.2. The van der Waals surface area contributed by atoms with E-state index < -0.39 is 6.10 Å². The number of quaternary nitrogens is 1. The SMILES string of the molecule is C=C[C@H]1C[N+]2(Cc3cccc[n+]3[O-])CC[C@H]1C[C@@H]2[C@H](O)c1ccnc2ccc(OC)cc12. The van der Waals surface area contributed by atoms with Crippen LogP contribution in [-0.4, -0.2) is 40.8 Å². The molecule has 0 saturated carbocycles. The predicted octanol–water partition coefficient (Wildman–Crippen LogP) is 3.52. The molecule has 2 bridgehead atoms. The topological polar surface area (TPSA) is 69.3 Å². The second kappa shape index (κ2) is 8.19. The fourth-order valence-corrected chi connectivity index (χ4v) is 6.03. The van der Waals surface area contributed by atoms with E-state index in [0.717, 1.165) is 58.6 Å². The highest BCUT2D eigenvalue weighted by atomic mass is 16.5. The second-order valence-electron chi connectivity index (χ2n) is 9.28. The van der Waals surface area contributed by atoms with Gasteiger partial charge in [-0.1, -0.05) is 6.08 Å². The fourth-order valence-electron chi connectivity index (χ4n) is 6.03. The van der Waals surface area contributed by atoms with Crippen LogP contribution in [0.2, 0.25) is 0 Å². The Hall–Kier alpha value is -2.96. The Morgan fingerprint density at radius 3 is 3.00 bits per heavy atom. The lowest BCUT2D eigenvalue weighted by Gasteiger charge is -2.57. The van der Waals surface area contributed by atoms with Gasteiger partial charge in [-0.05, 0) is 41.8 Å². The summed E-state index contributed by atoms with van der Waals surface area (Å²) in [4.78, 5) is 4.49. The Morgan fingerprint density at radius 2 is 2.22 bits per heavy atom. The summed E-state index contributed by atoms with van der Waals surface area (Å²) in [6.07, 6.45) is 6.74. The quantitative estimate of drug-likeness (QED) is 0.280. The summed E-state index contributed by atoms with van der Waals surface area (Å²) < 4.78 is 7.10. The monoisotopic (exact) mass is 432 g/mol. The minimum atomic E-state index is -0.662. The van der Waals surface area contributed by atoms with E-state index in [9.17, 15) is 10.3 Å². The largest absolute Gasteiger partial charge is 0.618 e. The molecular weight excluding hydrogens is 402 g/mol. The molecule has 6 heteroatoms. The van der Waals surface area contributed by atoms with E-state index in [4.69, 9.17) is 4.74 Å². The van der Waals surface area contributed by atoms with Gasteiger partial charge >= 0.3 is 0 Å². The average molecular weight is 433 g/mol. The Labute approximate surface area is 188 Å². The number of hydrogen-bond donors (Lipinski definition) is 1.